The molecule has 0 bridgehead atoms. The fraction of sp³-hybridized carbons (Fsp3) is 0.273. The van der Waals surface area contributed by atoms with Crippen LogP contribution >= 0.6 is 11.3 Å². The monoisotopic (exact) mass is 215 g/mol. The molecule has 2 heterocycles. The molecule has 15 heavy (non-hydrogen) atoms. The number of aryl methyl sites for hydroxylation is 1. The lowest BCUT2D eigenvalue weighted by atomic mass is 10.0. The van der Waals surface area contributed by atoms with Gasteiger partial charge < -0.3 is 5.32 Å². The van der Waals surface area contributed by atoms with E-state index in [2.05, 4.69) is 28.5 Å². The minimum Gasteiger partial charge on any atom is -0.385 e. The molecule has 0 aliphatic carbocycles. The van der Waals surface area contributed by atoms with Crippen molar-refractivity contribution in [3.63, 3.8) is 0 Å². The molecule has 1 aliphatic heterocycles. The number of hydrogen-bond acceptors (Lipinski definition) is 4. The first-order valence-corrected chi connectivity index (χ1v) is 5.76. The summed E-state index contributed by atoms with van der Waals surface area (Å²) < 4.78 is 1.10. The summed E-state index contributed by atoms with van der Waals surface area (Å²) in [5, 5.41) is 12.7. The molecule has 3 rings (SSSR count). The third kappa shape index (κ3) is 1.36. The number of anilines is 1. The van der Waals surface area contributed by atoms with Crippen LogP contribution in [0.1, 0.15) is 17.0 Å². The van der Waals surface area contributed by atoms with E-state index in [9.17, 15) is 0 Å². The number of aromatic nitrogens is 1. The van der Waals surface area contributed by atoms with Crippen LogP contribution in [0.5, 0.6) is 0 Å². The maximum absolute atomic E-state index is 8.79. The summed E-state index contributed by atoms with van der Waals surface area (Å²) in [4.78, 5) is 4.27. The summed E-state index contributed by atoms with van der Waals surface area (Å²) >= 11 is 1.46. The van der Waals surface area contributed by atoms with Crippen molar-refractivity contribution in [2.45, 2.75) is 12.8 Å². The van der Waals surface area contributed by atoms with E-state index in [0.29, 0.717) is 5.01 Å². The van der Waals surface area contributed by atoms with Crippen LogP contribution in [0.25, 0.3) is 10.2 Å². The Morgan fingerprint density at radius 3 is 3.27 bits per heavy atom. The van der Waals surface area contributed by atoms with Crippen molar-refractivity contribution in [3.05, 3.63) is 22.7 Å². The molecule has 3 nitrogen and oxygen atoms in total. The van der Waals surface area contributed by atoms with Crippen LogP contribution in [-0.2, 0) is 6.42 Å². The largest absolute Gasteiger partial charge is 0.385 e. The van der Waals surface area contributed by atoms with E-state index in [0.717, 1.165) is 23.2 Å². The molecule has 0 saturated heterocycles. The fourth-order valence-corrected chi connectivity index (χ4v) is 2.72. The van der Waals surface area contributed by atoms with E-state index in [1.807, 2.05) is 0 Å². The SMILES string of the molecule is N#Cc1nc2cc3c(cc2s1)NCCC3. The van der Waals surface area contributed by atoms with Crippen molar-refractivity contribution in [2.75, 3.05) is 11.9 Å². The Morgan fingerprint density at radius 2 is 2.40 bits per heavy atom. The van der Waals surface area contributed by atoms with E-state index >= 15 is 0 Å². The topological polar surface area (TPSA) is 48.7 Å². The van der Waals surface area contributed by atoms with Gasteiger partial charge in [-0.05, 0) is 30.5 Å². The van der Waals surface area contributed by atoms with Gasteiger partial charge in [0.2, 0.25) is 0 Å². The highest BCUT2D eigenvalue weighted by molar-refractivity contribution is 7.19. The quantitative estimate of drug-likeness (QED) is 0.734. The minimum absolute atomic E-state index is 0.548. The lowest BCUT2D eigenvalue weighted by Gasteiger charge is -2.17. The Labute approximate surface area is 91.4 Å². The van der Waals surface area contributed by atoms with Crippen LogP contribution in [0.4, 0.5) is 5.69 Å². The average molecular weight is 215 g/mol. The van der Waals surface area contributed by atoms with Gasteiger partial charge in [-0.25, -0.2) is 4.98 Å². The molecule has 1 aromatic carbocycles. The zero-order chi connectivity index (χ0) is 10.3. The van der Waals surface area contributed by atoms with Gasteiger partial charge in [0, 0.05) is 12.2 Å². The van der Waals surface area contributed by atoms with Gasteiger partial charge in [0.15, 0.2) is 5.01 Å². The minimum atomic E-state index is 0.548. The second kappa shape index (κ2) is 3.21. The molecule has 2 aromatic rings. The Morgan fingerprint density at radius 1 is 1.47 bits per heavy atom. The molecule has 1 aromatic heterocycles. The van der Waals surface area contributed by atoms with Crippen molar-refractivity contribution in [3.8, 4) is 6.07 Å². The molecule has 0 spiro atoms. The Balaban J connectivity index is 2.24. The normalized spacial score (nSPS) is 14.3. The van der Waals surface area contributed by atoms with E-state index in [1.54, 1.807) is 0 Å². The number of fused-ring (bicyclic) bond motifs is 2. The molecule has 0 radical (unpaired) electrons. The standard InChI is InChI=1S/C11H9N3S/c12-6-11-14-9-4-7-2-1-3-13-8(7)5-10(9)15-11/h4-5,13H,1-3H2. The van der Waals surface area contributed by atoms with E-state index in [1.165, 1.54) is 29.0 Å². The average Bonchev–Trinajstić information content (AvgIpc) is 2.67. The molecule has 0 unspecified atom stereocenters. The molecular formula is C11H9N3S. The highest BCUT2D eigenvalue weighted by atomic mass is 32.1. The Hall–Kier alpha value is -1.60. The van der Waals surface area contributed by atoms with Crippen LogP contribution < -0.4 is 5.32 Å². The van der Waals surface area contributed by atoms with E-state index < -0.39 is 0 Å². The lowest BCUT2D eigenvalue weighted by Crippen LogP contribution is -2.11. The fourth-order valence-electron chi connectivity index (χ4n) is 1.94. The molecule has 0 saturated carbocycles. The maximum atomic E-state index is 8.79. The van der Waals surface area contributed by atoms with Gasteiger partial charge in [-0.1, -0.05) is 0 Å². The number of rotatable bonds is 0. The van der Waals surface area contributed by atoms with Crippen molar-refractivity contribution in [2.24, 2.45) is 0 Å². The second-order valence-corrected chi connectivity index (χ2v) is 4.67. The number of nitriles is 1. The number of nitrogens with zero attached hydrogens (tertiary/aromatic N) is 2. The molecule has 1 N–H and O–H groups in total. The zero-order valence-corrected chi connectivity index (χ0v) is 8.90. The van der Waals surface area contributed by atoms with Crippen LogP contribution in [0.15, 0.2) is 12.1 Å². The highest BCUT2D eigenvalue weighted by Crippen LogP contribution is 2.30. The summed E-state index contributed by atoms with van der Waals surface area (Å²) in [5.74, 6) is 0. The van der Waals surface area contributed by atoms with E-state index in [-0.39, 0.29) is 0 Å². The third-order valence-electron chi connectivity index (χ3n) is 2.65. The van der Waals surface area contributed by atoms with Crippen LogP contribution in [0.2, 0.25) is 0 Å². The summed E-state index contributed by atoms with van der Waals surface area (Å²) in [6.45, 7) is 1.04. The lowest BCUT2D eigenvalue weighted by molar-refractivity contribution is 0.832. The first kappa shape index (κ1) is 8.69. The molecule has 0 atom stereocenters. The van der Waals surface area contributed by atoms with Crippen LogP contribution in [0, 0.1) is 11.3 Å². The summed E-state index contributed by atoms with van der Waals surface area (Å²) in [6, 6.07) is 6.31. The number of hydrogen-bond donors (Lipinski definition) is 1. The van der Waals surface area contributed by atoms with Gasteiger partial charge in [-0.15, -0.1) is 11.3 Å². The number of benzene rings is 1. The van der Waals surface area contributed by atoms with Crippen molar-refractivity contribution in [1.29, 1.82) is 5.26 Å². The second-order valence-electron chi connectivity index (χ2n) is 3.64. The Bertz CT molecular complexity index is 522. The van der Waals surface area contributed by atoms with Gasteiger partial charge in [0.1, 0.15) is 6.07 Å². The molecular weight excluding hydrogens is 206 g/mol. The molecule has 0 amide bonds. The van der Waals surface area contributed by atoms with Crippen molar-refractivity contribution in [1.82, 2.24) is 4.98 Å². The Kier molecular flexibility index (Phi) is 1.86. The predicted molar refractivity (Wildman–Crippen MR) is 61.1 cm³/mol. The van der Waals surface area contributed by atoms with Gasteiger partial charge in [-0.3, -0.25) is 0 Å². The highest BCUT2D eigenvalue weighted by Gasteiger charge is 2.12. The molecule has 74 valence electrons. The molecule has 1 aliphatic rings. The first-order chi connectivity index (χ1) is 7.36. The van der Waals surface area contributed by atoms with E-state index in [4.69, 9.17) is 5.26 Å². The number of nitrogens with one attached hydrogen (secondary N) is 1. The third-order valence-corrected chi connectivity index (χ3v) is 3.57. The zero-order valence-electron chi connectivity index (χ0n) is 8.08. The first-order valence-electron chi connectivity index (χ1n) is 4.94. The summed E-state index contributed by atoms with van der Waals surface area (Å²) in [6.07, 6.45) is 2.28. The van der Waals surface area contributed by atoms with Crippen LogP contribution in [-0.4, -0.2) is 11.5 Å². The number of thiazole rings is 1. The van der Waals surface area contributed by atoms with Gasteiger partial charge in [-0.2, -0.15) is 5.26 Å². The maximum Gasteiger partial charge on any atom is 0.195 e. The molecule has 0 fully saturated rings. The molecule has 4 heteroatoms. The van der Waals surface area contributed by atoms with Crippen molar-refractivity contribution < 1.29 is 0 Å². The van der Waals surface area contributed by atoms with Gasteiger partial charge in [0.25, 0.3) is 0 Å². The van der Waals surface area contributed by atoms with Crippen molar-refractivity contribution >= 4 is 27.2 Å². The predicted octanol–water partition coefficient (Wildman–Crippen LogP) is 2.53. The van der Waals surface area contributed by atoms with Gasteiger partial charge in [0.05, 0.1) is 10.2 Å². The summed E-state index contributed by atoms with van der Waals surface area (Å²) in [5.41, 5.74) is 3.49. The smallest absolute Gasteiger partial charge is 0.195 e. The van der Waals surface area contributed by atoms with Gasteiger partial charge >= 0.3 is 0 Å². The summed E-state index contributed by atoms with van der Waals surface area (Å²) in [7, 11) is 0. The van der Waals surface area contributed by atoms with Crippen LogP contribution in [0.3, 0.4) is 0 Å².